The van der Waals surface area contributed by atoms with Gasteiger partial charge in [-0.05, 0) is 43.3 Å². The molecule has 46 heavy (non-hydrogen) atoms. The molecule has 1 aromatic heterocycles. The van der Waals surface area contributed by atoms with E-state index >= 15 is 0 Å². The number of carbonyl (C=O) groups excluding carboxylic acids is 4. The minimum atomic E-state index is -1.60. The molecule has 0 unspecified atom stereocenters. The topological polar surface area (TPSA) is 157 Å². The van der Waals surface area contributed by atoms with Gasteiger partial charge in [-0.1, -0.05) is 54.6 Å². The Morgan fingerprint density at radius 1 is 0.696 bits per heavy atom. The second-order valence-corrected chi connectivity index (χ2v) is 10.0. The molecular formula is C34H29NO11. The van der Waals surface area contributed by atoms with Crippen LogP contribution in [-0.2, 0) is 23.7 Å². The van der Waals surface area contributed by atoms with Crippen molar-refractivity contribution in [2.75, 3.05) is 13.2 Å². The van der Waals surface area contributed by atoms with Crippen molar-refractivity contribution in [3.05, 3.63) is 136 Å². The summed E-state index contributed by atoms with van der Waals surface area (Å²) in [5.74, 6) is -3.90. The van der Waals surface area contributed by atoms with Crippen LogP contribution in [0.4, 0.5) is 0 Å². The summed E-state index contributed by atoms with van der Waals surface area (Å²) in [5, 5.41) is 10.2. The molecule has 1 N–H and O–H groups in total. The van der Waals surface area contributed by atoms with E-state index in [1.54, 1.807) is 73.7 Å². The lowest BCUT2D eigenvalue weighted by Gasteiger charge is -2.26. The van der Waals surface area contributed by atoms with Gasteiger partial charge in [0.15, 0.2) is 18.4 Å². The zero-order valence-electron chi connectivity index (χ0n) is 24.5. The van der Waals surface area contributed by atoms with Gasteiger partial charge >= 0.3 is 23.9 Å². The fraction of sp³-hybridized carbons (Fsp3) is 0.206. The molecule has 0 amide bonds. The Morgan fingerprint density at radius 3 is 1.72 bits per heavy atom. The number of ether oxygens (including phenoxy) is 5. The molecule has 4 atom stereocenters. The maximum atomic E-state index is 13.4. The third kappa shape index (κ3) is 7.13. The summed E-state index contributed by atoms with van der Waals surface area (Å²) < 4.78 is 29.3. The number of hydrogen-bond acceptors (Lipinski definition) is 11. The summed E-state index contributed by atoms with van der Waals surface area (Å²) in [6.07, 6.45) is -5.91. The van der Waals surface area contributed by atoms with Gasteiger partial charge in [0.05, 0.1) is 23.3 Å². The van der Waals surface area contributed by atoms with Gasteiger partial charge in [0.25, 0.3) is 5.56 Å². The molecule has 1 aliphatic heterocycles. The van der Waals surface area contributed by atoms with E-state index in [1.165, 1.54) is 24.3 Å². The summed E-state index contributed by atoms with van der Waals surface area (Å²) in [6, 6.07) is 25.8. The number of benzene rings is 3. The first-order valence-corrected chi connectivity index (χ1v) is 14.3. The maximum absolute atomic E-state index is 13.4. The fourth-order valence-corrected chi connectivity index (χ4v) is 4.86. The first-order valence-electron chi connectivity index (χ1n) is 14.3. The van der Waals surface area contributed by atoms with E-state index in [2.05, 4.69) is 0 Å². The average Bonchev–Trinajstić information content (AvgIpc) is 3.39. The van der Waals surface area contributed by atoms with Crippen molar-refractivity contribution in [1.82, 2.24) is 4.57 Å². The van der Waals surface area contributed by atoms with E-state index in [0.29, 0.717) is 0 Å². The number of esters is 4. The van der Waals surface area contributed by atoms with Gasteiger partial charge in [-0.15, -0.1) is 0 Å². The van der Waals surface area contributed by atoms with Crippen LogP contribution in [0.2, 0.25) is 0 Å². The highest BCUT2D eigenvalue weighted by molar-refractivity contribution is 5.91. The van der Waals surface area contributed by atoms with E-state index in [-0.39, 0.29) is 23.3 Å². The van der Waals surface area contributed by atoms with Crippen molar-refractivity contribution in [1.29, 1.82) is 0 Å². The largest absolute Gasteiger partial charge is 0.508 e. The van der Waals surface area contributed by atoms with E-state index < -0.39 is 72.0 Å². The predicted octanol–water partition coefficient (Wildman–Crippen LogP) is 3.94. The smallest absolute Gasteiger partial charge is 0.355 e. The Kier molecular flexibility index (Phi) is 9.88. The Bertz CT molecular complexity index is 1760. The Hall–Kier alpha value is -5.75. The van der Waals surface area contributed by atoms with Gasteiger partial charge in [0.1, 0.15) is 24.2 Å². The Labute approximate surface area is 262 Å². The van der Waals surface area contributed by atoms with Crippen LogP contribution in [-0.4, -0.2) is 65.1 Å². The van der Waals surface area contributed by atoms with Gasteiger partial charge < -0.3 is 28.8 Å². The lowest BCUT2D eigenvalue weighted by atomic mass is 10.1. The average molecular weight is 628 g/mol. The molecule has 0 saturated carbocycles. The molecule has 4 aromatic rings. The lowest BCUT2D eigenvalue weighted by molar-refractivity contribution is -0.0646. The van der Waals surface area contributed by atoms with Crippen LogP contribution in [0.15, 0.2) is 108 Å². The second kappa shape index (κ2) is 14.4. The maximum Gasteiger partial charge on any atom is 0.355 e. The number of hydrogen-bond donors (Lipinski definition) is 1. The second-order valence-electron chi connectivity index (χ2n) is 10.0. The van der Waals surface area contributed by atoms with Crippen molar-refractivity contribution in [2.24, 2.45) is 0 Å². The van der Waals surface area contributed by atoms with Crippen molar-refractivity contribution < 1.29 is 48.0 Å². The highest BCUT2D eigenvalue weighted by atomic mass is 16.7. The SMILES string of the molecule is CCOC(=O)c1cc(O)cc(=O)n1[C@H]1O[C@@H](COC(=O)c2ccccc2)[C@@H](OC(=O)c2ccccc2)[C@H]1OC(=O)c1ccccc1. The Balaban J connectivity index is 1.58. The first kappa shape index (κ1) is 31.7. The quantitative estimate of drug-likeness (QED) is 0.201. The van der Waals surface area contributed by atoms with Crippen molar-refractivity contribution in [3.8, 4) is 5.75 Å². The first-order chi connectivity index (χ1) is 22.3. The van der Waals surface area contributed by atoms with Gasteiger partial charge in [-0.3, -0.25) is 9.36 Å². The zero-order chi connectivity index (χ0) is 32.6. The Morgan fingerprint density at radius 2 is 1.20 bits per heavy atom. The van der Waals surface area contributed by atoms with E-state index in [9.17, 15) is 29.1 Å². The van der Waals surface area contributed by atoms with Crippen LogP contribution in [0.3, 0.4) is 0 Å². The van der Waals surface area contributed by atoms with Crippen LogP contribution in [0, 0.1) is 0 Å². The fourth-order valence-electron chi connectivity index (χ4n) is 4.86. The zero-order valence-corrected chi connectivity index (χ0v) is 24.5. The van der Waals surface area contributed by atoms with Crippen LogP contribution in [0.1, 0.15) is 54.7 Å². The molecule has 5 rings (SSSR count). The standard InChI is InChI=1S/C34H29NO11/c1-2-42-34(41)25-18-24(36)19-27(37)35(25)30-29(46-33(40)23-16-10-5-11-17-23)28(45-32(39)22-14-8-4-9-15-22)26(44-30)20-43-31(38)21-12-6-3-7-13-21/h3-19,26,28-30,36H,2,20H2,1H3/t26-,28+,29+,30-/m0/s1. The number of aromatic hydroxyl groups is 1. The molecule has 0 spiro atoms. The predicted molar refractivity (Wildman–Crippen MR) is 160 cm³/mol. The van der Waals surface area contributed by atoms with Gasteiger partial charge in [-0.25, -0.2) is 19.2 Å². The molecule has 0 aliphatic carbocycles. The molecule has 12 heteroatoms. The van der Waals surface area contributed by atoms with E-state index in [1.807, 2.05) is 0 Å². The van der Waals surface area contributed by atoms with Gasteiger partial charge in [0.2, 0.25) is 0 Å². The number of nitrogens with zero attached hydrogens (tertiary/aromatic N) is 1. The number of carbonyl (C=O) groups is 4. The van der Waals surface area contributed by atoms with Gasteiger partial charge in [0, 0.05) is 12.1 Å². The summed E-state index contributed by atoms with van der Waals surface area (Å²) in [5.41, 5.74) is -0.803. The molecule has 0 bridgehead atoms. The molecule has 1 fully saturated rings. The highest BCUT2D eigenvalue weighted by Gasteiger charge is 2.52. The van der Waals surface area contributed by atoms with Crippen LogP contribution in [0.25, 0.3) is 0 Å². The molecule has 236 valence electrons. The van der Waals surface area contributed by atoms with E-state index in [0.717, 1.165) is 16.7 Å². The molecule has 1 saturated heterocycles. The molecular weight excluding hydrogens is 598 g/mol. The number of aromatic nitrogens is 1. The normalized spacial score (nSPS) is 18.7. The number of rotatable bonds is 10. The molecule has 12 nitrogen and oxygen atoms in total. The summed E-state index contributed by atoms with van der Waals surface area (Å²) >= 11 is 0. The molecule has 3 aromatic carbocycles. The van der Waals surface area contributed by atoms with Crippen molar-refractivity contribution >= 4 is 23.9 Å². The molecule has 0 radical (unpaired) electrons. The minimum absolute atomic E-state index is 0.0595. The van der Waals surface area contributed by atoms with Crippen LogP contribution in [0.5, 0.6) is 5.75 Å². The summed E-state index contributed by atoms with van der Waals surface area (Å²) in [6.45, 7) is 0.990. The van der Waals surface area contributed by atoms with Crippen molar-refractivity contribution in [3.63, 3.8) is 0 Å². The highest BCUT2D eigenvalue weighted by Crippen LogP contribution is 2.36. The van der Waals surface area contributed by atoms with E-state index in [4.69, 9.17) is 23.7 Å². The third-order valence-electron chi connectivity index (χ3n) is 6.97. The van der Waals surface area contributed by atoms with Crippen LogP contribution < -0.4 is 5.56 Å². The third-order valence-corrected chi connectivity index (χ3v) is 6.97. The molecule has 2 heterocycles. The molecule has 1 aliphatic rings. The summed E-state index contributed by atoms with van der Waals surface area (Å²) in [7, 11) is 0. The monoisotopic (exact) mass is 627 g/mol. The van der Waals surface area contributed by atoms with Gasteiger partial charge in [-0.2, -0.15) is 0 Å². The van der Waals surface area contributed by atoms with Crippen molar-refractivity contribution in [2.45, 2.75) is 31.5 Å². The van der Waals surface area contributed by atoms with Crippen LogP contribution >= 0.6 is 0 Å². The summed E-state index contributed by atoms with van der Waals surface area (Å²) in [4.78, 5) is 65.8. The lowest BCUT2D eigenvalue weighted by Crippen LogP contribution is -2.43. The number of pyridine rings is 1. The minimum Gasteiger partial charge on any atom is -0.508 e.